The van der Waals surface area contributed by atoms with Gasteiger partial charge in [-0.1, -0.05) is 6.61 Å². The first-order valence-corrected chi connectivity index (χ1v) is 0.933. The van der Waals surface area contributed by atoms with Crippen LogP contribution in [0.15, 0.2) is 0 Å². The van der Waals surface area contributed by atoms with Crippen molar-refractivity contribution < 1.29 is 58.5 Å². The van der Waals surface area contributed by atoms with Gasteiger partial charge in [-0.25, -0.2) is 0 Å². The average molecular weight is 316 g/mol. The molecule has 0 N–H and O–H groups in total. The summed E-state index contributed by atoms with van der Waals surface area (Å²) in [6.45, 7) is 2.62. The fourth-order valence-corrected chi connectivity index (χ4v) is 0. The number of hydrogen-bond donors (Lipinski definition) is 0. The van der Waals surface area contributed by atoms with Crippen LogP contribution in [0.25, 0.3) is 0 Å². The van der Waals surface area contributed by atoms with Crippen LogP contribution in [0.2, 0.25) is 0 Å². The molecule has 1 heterocycles. The fraction of sp³-hybridized carbons (Fsp3) is 0.500. The van der Waals surface area contributed by atoms with Gasteiger partial charge in [0.25, 0.3) is 0 Å². The van der Waals surface area contributed by atoms with E-state index in [-0.39, 0.29) is 53.8 Å². The maximum Gasteiger partial charge on any atom is 0 e. The maximum absolute atomic E-state index is 4.38. The molecular formula is C2H3OWY-. The summed E-state index contributed by atoms with van der Waals surface area (Å²) in [6.07, 6.45) is 0. The summed E-state index contributed by atoms with van der Waals surface area (Å²) in [5.41, 5.74) is 0. The third-order valence-corrected chi connectivity index (χ3v) is 0.167. The monoisotopic (exact) mass is 316 g/mol. The second-order valence-corrected chi connectivity index (χ2v) is 0.500. The molecule has 1 saturated heterocycles. The van der Waals surface area contributed by atoms with Gasteiger partial charge in [-0.05, 0) is 0 Å². The Labute approximate surface area is 71.0 Å². The van der Waals surface area contributed by atoms with Crippen LogP contribution in [0.4, 0.5) is 0 Å². The third-order valence-electron chi connectivity index (χ3n) is 0.167. The van der Waals surface area contributed by atoms with Crippen molar-refractivity contribution in [3.8, 4) is 0 Å². The van der Waals surface area contributed by atoms with Crippen molar-refractivity contribution in [1.82, 2.24) is 0 Å². The molecule has 1 radical (unpaired) electrons. The van der Waals surface area contributed by atoms with Gasteiger partial charge < -0.3 is 4.74 Å². The van der Waals surface area contributed by atoms with Crippen molar-refractivity contribution in [2.24, 2.45) is 0 Å². The molecule has 0 unspecified atom stereocenters. The number of rotatable bonds is 0. The van der Waals surface area contributed by atoms with Crippen LogP contribution in [0.5, 0.6) is 0 Å². The van der Waals surface area contributed by atoms with Crippen LogP contribution in [0, 0.1) is 6.61 Å². The first-order chi connectivity index (χ1) is 1.50. The molecule has 5 heavy (non-hydrogen) atoms. The number of hydrogen-bond acceptors (Lipinski definition) is 1. The molecule has 27 valence electrons. The van der Waals surface area contributed by atoms with E-state index in [1.165, 1.54) is 0 Å². The topological polar surface area (TPSA) is 12.5 Å². The van der Waals surface area contributed by atoms with Gasteiger partial charge in [-0.15, -0.1) is 0 Å². The van der Waals surface area contributed by atoms with Crippen molar-refractivity contribution in [2.45, 2.75) is 0 Å². The number of epoxide rings is 1. The zero-order chi connectivity index (χ0) is 2.12. The smallest absolute Gasteiger partial charge is 0 e. The van der Waals surface area contributed by atoms with Gasteiger partial charge in [0.2, 0.25) is 0 Å². The molecule has 1 aliphatic heterocycles. The Morgan fingerprint density at radius 2 is 1.80 bits per heavy atom. The summed E-state index contributed by atoms with van der Waals surface area (Å²) >= 11 is 0. The number of ether oxygens (including phenoxy) is 1. The van der Waals surface area contributed by atoms with E-state index < -0.39 is 0 Å². The molecule has 1 rings (SSSR count). The van der Waals surface area contributed by atoms with E-state index >= 15 is 0 Å². The molecule has 0 aromatic rings. The van der Waals surface area contributed by atoms with E-state index in [1.807, 2.05) is 0 Å². The Morgan fingerprint density at radius 3 is 1.80 bits per heavy atom. The molecular weight excluding hydrogens is 313 g/mol. The van der Waals surface area contributed by atoms with Gasteiger partial charge in [-0.3, -0.25) is 0 Å². The van der Waals surface area contributed by atoms with Gasteiger partial charge in [0.15, 0.2) is 0 Å². The van der Waals surface area contributed by atoms with Gasteiger partial charge >= 0.3 is 0 Å². The summed E-state index contributed by atoms with van der Waals surface area (Å²) in [7, 11) is 0. The van der Waals surface area contributed by atoms with Crippen LogP contribution in [0.1, 0.15) is 0 Å². The Bertz CT molecular complexity index is 14.4. The second-order valence-electron chi connectivity index (χ2n) is 0.500. The molecule has 0 aliphatic carbocycles. The Hall–Kier alpha value is 1.75. The van der Waals surface area contributed by atoms with E-state index in [9.17, 15) is 0 Å². The van der Waals surface area contributed by atoms with Crippen LogP contribution < -0.4 is 0 Å². The molecule has 0 spiro atoms. The van der Waals surface area contributed by atoms with E-state index in [2.05, 4.69) is 4.74 Å². The van der Waals surface area contributed by atoms with Crippen LogP contribution in [-0.4, -0.2) is 6.61 Å². The van der Waals surface area contributed by atoms with E-state index in [0.717, 1.165) is 6.61 Å². The normalized spacial score (nSPS) is 14.4. The largest absolute Gasteiger partial charge is 0.574 e. The van der Waals surface area contributed by atoms with Gasteiger partial charge in [-0.2, -0.15) is 6.61 Å². The molecule has 0 aromatic heterocycles. The second kappa shape index (κ2) is 5.75. The van der Waals surface area contributed by atoms with Crippen LogP contribution in [-0.2, 0) is 58.5 Å². The van der Waals surface area contributed by atoms with Gasteiger partial charge in [0.1, 0.15) is 0 Å². The summed E-state index contributed by atoms with van der Waals surface area (Å²) in [5, 5.41) is 0. The summed E-state index contributed by atoms with van der Waals surface area (Å²) in [5.74, 6) is 0. The zero-order valence-electron chi connectivity index (χ0n) is 2.68. The van der Waals surface area contributed by atoms with Gasteiger partial charge in [0.05, 0.1) is 0 Å². The molecule has 1 fully saturated rings. The predicted molar refractivity (Wildman–Crippen MR) is 10.3 cm³/mol. The van der Waals surface area contributed by atoms with E-state index in [0.29, 0.717) is 0 Å². The first kappa shape index (κ1) is 9.89. The first-order valence-electron chi connectivity index (χ1n) is 0.933. The molecule has 0 aromatic carbocycles. The molecule has 1 nitrogen and oxygen atoms in total. The molecule has 0 atom stereocenters. The third kappa shape index (κ3) is 10.7. The van der Waals surface area contributed by atoms with Crippen molar-refractivity contribution in [3.63, 3.8) is 0 Å². The van der Waals surface area contributed by atoms with Crippen LogP contribution >= 0.6 is 0 Å². The Morgan fingerprint density at radius 1 is 1.60 bits per heavy atom. The molecule has 3 heteroatoms. The van der Waals surface area contributed by atoms with Crippen molar-refractivity contribution >= 4 is 0 Å². The minimum atomic E-state index is 0. The van der Waals surface area contributed by atoms with E-state index in [4.69, 9.17) is 0 Å². The SMILES string of the molecule is [CH-]1CO1.[W].[Y]. The minimum absolute atomic E-state index is 0. The predicted octanol–water partition coefficient (Wildman–Crippen LogP) is 0.173. The summed E-state index contributed by atoms with van der Waals surface area (Å²) in [4.78, 5) is 0. The van der Waals surface area contributed by atoms with Crippen molar-refractivity contribution in [1.29, 1.82) is 0 Å². The minimum Gasteiger partial charge on any atom is -0.574 e. The standard InChI is InChI=1S/C2H3O.W.Y/c1-2-3-1;;/h1H,2H2;;/q-1;;. The van der Waals surface area contributed by atoms with Gasteiger partial charge in [0, 0.05) is 53.8 Å². The molecule has 0 bridgehead atoms. The summed E-state index contributed by atoms with van der Waals surface area (Å²) in [6, 6.07) is 0. The Balaban J connectivity index is 0. The van der Waals surface area contributed by atoms with Crippen LogP contribution in [0.3, 0.4) is 0 Å². The quantitative estimate of drug-likeness (QED) is 0.459. The zero-order valence-corrected chi connectivity index (χ0v) is 8.45. The van der Waals surface area contributed by atoms with Crippen molar-refractivity contribution in [3.05, 3.63) is 6.61 Å². The van der Waals surface area contributed by atoms with E-state index in [1.54, 1.807) is 6.61 Å². The maximum atomic E-state index is 4.38. The molecule has 0 amide bonds. The van der Waals surface area contributed by atoms with Crippen molar-refractivity contribution in [2.75, 3.05) is 6.61 Å². The average Bonchev–Trinajstić information content (AvgIpc) is 1.46. The molecule has 1 aliphatic rings. The molecule has 0 saturated carbocycles. The fourth-order valence-electron chi connectivity index (χ4n) is 0. The summed E-state index contributed by atoms with van der Waals surface area (Å²) < 4.78 is 4.38. The Kier molecular flexibility index (Phi) is 11.4.